The van der Waals surface area contributed by atoms with Gasteiger partial charge in [0.1, 0.15) is 5.75 Å². The molecule has 1 saturated heterocycles. The number of rotatable bonds is 1. The van der Waals surface area contributed by atoms with Gasteiger partial charge in [-0.3, -0.25) is 0 Å². The van der Waals surface area contributed by atoms with Gasteiger partial charge in [0.25, 0.3) is 0 Å². The van der Waals surface area contributed by atoms with Crippen molar-refractivity contribution >= 4 is 23.4 Å². The zero-order chi connectivity index (χ0) is 16.5. The topological polar surface area (TPSA) is 38.7 Å². The van der Waals surface area contributed by atoms with Crippen molar-refractivity contribution in [1.29, 1.82) is 0 Å². The molecule has 0 atom stereocenters. The van der Waals surface area contributed by atoms with Crippen molar-refractivity contribution in [1.82, 2.24) is 0 Å². The monoisotopic (exact) mass is 300 g/mol. The zero-order valence-corrected chi connectivity index (χ0v) is 14.3. The van der Waals surface area contributed by atoms with Gasteiger partial charge in [-0.1, -0.05) is 44.2 Å². The van der Waals surface area contributed by atoms with E-state index in [0.29, 0.717) is 0 Å². The summed E-state index contributed by atoms with van der Waals surface area (Å²) in [6, 6.07) is 11.3. The number of benzene rings is 2. The molecule has 1 aliphatic rings. The summed E-state index contributed by atoms with van der Waals surface area (Å²) in [6.07, 6.45) is 0. The average Bonchev–Trinajstić information content (AvgIpc) is 2.70. The van der Waals surface area contributed by atoms with E-state index in [4.69, 9.17) is 9.31 Å². The molecular weight excluding hydrogens is 275 g/mol. The first-order valence-electron chi connectivity index (χ1n) is 7.88. The number of hydrogen-bond donors (Lipinski definition) is 1. The molecular formula is C18H25BO3. The van der Waals surface area contributed by atoms with Crippen LogP contribution in [0.1, 0.15) is 41.5 Å². The summed E-state index contributed by atoms with van der Waals surface area (Å²) >= 11 is 0. The van der Waals surface area contributed by atoms with E-state index < -0.39 is 7.12 Å². The molecule has 0 bridgehead atoms. The Bertz CT molecular complexity index is 648. The molecule has 1 N–H and O–H groups in total. The van der Waals surface area contributed by atoms with E-state index in [-0.39, 0.29) is 17.0 Å². The Kier molecular flexibility index (Phi) is 4.55. The minimum absolute atomic E-state index is 0.279. The van der Waals surface area contributed by atoms with Gasteiger partial charge in [-0.15, -0.1) is 0 Å². The zero-order valence-electron chi connectivity index (χ0n) is 14.3. The number of fused-ring (bicyclic) bond motifs is 1. The molecule has 1 heterocycles. The van der Waals surface area contributed by atoms with Crippen molar-refractivity contribution in [2.24, 2.45) is 0 Å². The highest BCUT2D eigenvalue weighted by Gasteiger charge is 2.52. The molecule has 0 spiro atoms. The second-order valence-corrected chi connectivity index (χ2v) is 6.31. The Hall–Kier alpha value is -1.52. The molecule has 1 aliphatic heterocycles. The quantitative estimate of drug-likeness (QED) is 0.813. The molecule has 0 amide bonds. The summed E-state index contributed by atoms with van der Waals surface area (Å²) in [6.45, 7) is 12.1. The number of hydrogen-bond acceptors (Lipinski definition) is 3. The summed E-state index contributed by atoms with van der Waals surface area (Å²) in [5.74, 6) is 0.279. The number of phenols is 1. The highest BCUT2D eigenvalue weighted by Crippen LogP contribution is 2.37. The summed E-state index contributed by atoms with van der Waals surface area (Å²) in [7, 11) is -0.412. The Morgan fingerprint density at radius 2 is 1.32 bits per heavy atom. The van der Waals surface area contributed by atoms with Crippen molar-refractivity contribution in [2.75, 3.05) is 0 Å². The van der Waals surface area contributed by atoms with Crippen LogP contribution in [0.3, 0.4) is 0 Å². The summed E-state index contributed by atoms with van der Waals surface area (Å²) in [5.41, 5.74) is 0.227. The van der Waals surface area contributed by atoms with E-state index in [1.807, 2.05) is 71.9 Å². The van der Waals surface area contributed by atoms with Gasteiger partial charge in [0.2, 0.25) is 0 Å². The van der Waals surface area contributed by atoms with Gasteiger partial charge >= 0.3 is 7.12 Å². The van der Waals surface area contributed by atoms with Gasteiger partial charge in [-0.2, -0.15) is 0 Å². The summed E-state index contributed by atoms with van der Waals surface area (Å²) in [4.78, 5) is 0. The molecule has 0 aromatic heterocycles. The molecule has 0 unspecified atom stereocenters. The van der Waals surface area contributed by atoms with Crippen LogP contribution >= 0.6 is 0 Å². The predicted molar refractivity (Wildman–Crippen MR) is 92.7 cm³/mol. The lowest BCUT2D eigenvalue weighted by Crippen LogP contribution is -2.41. The van der Waals surface area contributed by atoms with Crippen LogP contribution in [0.4, 0.5) is 0 Å². The van der Waals surface area contributed by atoms with Gasteiger partial charge in [0.05, 0.1) is 11.2 Å². The molecule has 0 saturated carbocycles. The standard InChI is InChI=1S/C16H19BO3.C2H6/c1-15(2)16(3,4)20-17(19-15)13-9-10-14(18)12-8-6-5-7-11(12)13;1-2/h5-10,18H,1-4H3;1-2H3. The van der Waals surface area contributed by atoms with Crippen molar-refractivity contribution < 1.29 is 14.4 Å². The Balaban J connectivity index is 0.000000847. The third-order valence-corrected chi connectivity index (χ3v) is 4.44. The lowest BCUT2D eigenvalue weighted by atomic mass is 9.76. The van der Waals surface area contributed by atoms with Crippen molar-refractivity contribution in [3.8, 4) is 5.75 Å². The van der Waals surface area contributed by atoms with Crippen LogP contribution in [-0.2, 0) is 9.31 Å². The SMILES string of the molecule is CC.CC1(C)OB(c2ccc(O)c3ccccc23)OC1(C)C. The van der Waals surface area contributed by atoms with Crippen LogP contribution in [0.25, 0.3) is 10.8 Å². The molecule has 0 aliphatic carbocycles. The highest BCUT2D eigenvalue weighted by atomic mass is 16.7. The second-order valence-electron chi connectivity index (χ2n) is 6.31. The van der Waals surface area contributed by atoms with Crippen molar-refractivity contribution in [3.63, 3.8) is 0 Å². The summed E-state index contributed by atoms with van der Waals surface area (Å²) in [5, 5.41) is 11.7. The van der Waals surface area contributed by atoms with E-state index in [1.54, 1.807) is 6.07 Å². The van der Waals surface area contributed by atoms with Gasteiger partial charge < -0.3 is 14.4 Å². The predicted octanol–water partition coefficient (Wildman–Crippen LogP) is 3.87. The number of aromatic hydroxyl groups is 1. The third-order valence-electron chi connectivity index (χ3n) is 4.44. The average molecular weight is 300 g/mol. The van der Waals surface area contributed by atoms with Gasteiger partial charge in [-0.05, 0) is 44.6 Å². The maximum atomic E-state index is 9.96. The van der Waals surface area contributed by atoms with Crippen LogP contribution < -0.4 is 5.46 Å². The van der Waals surface area contributed by atoms with Crippen molar-refractivity contribution in [3.05, 3.63) is 36.4 Å². The van der Waals surface area contributed by atoms with Crippen LogP contribution in [0.15, 0.2) is 36.4 Å². The van der Waals surface area contributed by atoms with Crippen molar-refractivity contribution in [2.45, 2.75) is 52.7 Å². The molecule has 3 nitrogen and oxygen atoms in total. The first-order valence-corrected chi connectivity index (χ1v) is 7.88. The maximum absolute atomic E-state index is 9.96. The van der Waals surface area contributed by atoms with Gasteiger partial charge in [0, 0.05) is 5.39 Å². The fraction of sp³-hybridized carbons (Fsp3) is 0.444. The van der Waals surface area contributed by atoms with E-state index >= 15 is 0 Å². The number of phenolic OH excluding ortho intramolecular Hbond substituents is 1. The molecule has 2 aromatic carbocycles. The van der Waals surface area contributed by atoms with Crippen LogP contribution in [-0.4, -0.2) is 23.4 Å². The first-order chi connectivity index (χ1) is 10.3. The molecule has 1 fully saturated rings. The molecule has 2 aromatic rings. The van der Waals surface area contributed by atoms with E-state index in [9.17, 15) is 5.11 Å². The highest BCUT2D eigenvalue weighted by molar-refractivity contribution is 6.65. The minimum atomic E-state index is -0.412. The van der Waals surface area contributed by atoms with Crippen LogP contribution in [0.2, 0.25) is 0 Å². The minimum Gasteiger partial charge on any atom is -0.507 e. The molecule has 118 valence electrons. The normalized spacial score (nSPS) is 18.9. The van der Waals surface area contributed by atoms with Crippen LogP contribution in [0, 0.1) is 0 Å². The second kappa shape index (κ2) is 5.94. The smallest absolute Gasteiger partial charge is 0.495 e. The van der Waals surface area contributed by atoms with E-state index in [2.05, 4.69) is 0 Å². The first kappa shape index (κ1) is 16.8. The van der Waals surface area contributed by atoms with Gasteiger partial charge in [0.15, 0.2) is 0 Å². The molecule has 0 radical (unpaired) electrons. The fourth-order valence-electron chi connectivity index (χ4n) is 2.48. The summed E-state index contributed by atoms with van der Waals surface area (Å²) < 4.78 is 12.2. The Morgan fingerprint density at radius 1 is 0.818 bits per heavy atom. The molecule has 22 heavy (non-hydrogen) atoms. The molecule has 4 heteroatoms. The lowest BCUT2D eigenvalue weighted by Gasteiger charge is -2.32. The van der Waals surface area contributed by atoms with E-state index in [0.717, 1.165) is 16.2 Å². The fourth-order valence-corrected chi connectivity index (χ4v) is 2.48. The van der Waals surface area contributed by atoms with Crippen LogP contribution in [0.5, 0.6) is 5.75 Å². The largest absolute Gasteiger partial charge is 0.507 e. The van der Waals surface area contributed by atoms with E-state index in [1.165, 1.54) is 0 Å². The lowest BCUT2D eigenvalue weighted by molar-refractivity contribution is 0.00578. The van der Waals surface area contributed by atoms with Gasteiger partial charge in [-0.25, -0.2) is 0 Å². The maximum Gasteiger partial charge on any atom is 0.495 e. The Morgan fingerprint density at radius 3 is 1.86 bits per heavy atom. The third kappa shape index (κ3) is 2.73. The Labute approximate surface area is 133 Å². The molecule has 3 rings (SSSR count).